The van der Waals surface area contributed by atoms with Crippen molar-refractivity contribution in [2.75, 3.05) is 32.1 Å². The number of ketones is 1. The first-order chi connectivity index (χ1) is 14.7. The van der Waals surface area contributed by atoms with Crippen LogP contribution in [0.3, 0.4) is 0 Å². The molecule has 6 nitrogen and oxygen atoms in total. The van der Waals surface area contributed by atoms with E-state index < -0.39 is 0 Å². The second-order valence-electron chi connectivity index (χ2n) is 9.09. The topological polar surface area (TPSA) is 64.8 Å². The molecule has 0 bridgehead atoms. The van der Waals surface area contributed by atoms with Gasteiger partial charge in [0.2, 0.25) is 5.78 Å². The molecule has 3 rings (SSSR count). The Bertz CT molecular complexity index is 948. The molecule has 1 aliphatic heterocycles. The Morgan fingerprint density at radius 3 is 2.39 bits per heavy atom. The van der Waals surface area contributed by atoms with Crippen LogP contribution in [0.15, 0.2) is 18.2 Å². The molecule has 1 amide bonds. The summed E-state index contributed by atoms with van der Waals surface area (Å²) in [7, 11) is 1.89. The molecule has 1 aromatic carbocycles. The van der Waals surface area contributed by atoms with Crippen molar-refractivity contribution >= 4 is 17.4 Å². The number of hydrogen-bond acceptors (Lipinski definition) is 3. The summed E-state index contributed by atoms with van der Waals surface area (Å²) in [4.78, 5) is 26.4. The standard InChI is InChI=1S/C25H35N3O3/c1-16-10-17(2)25(18(3)11-16)26-24(30)15-27(6)14-23(29)22-12-19(4)28(20(22)5)13-21-8-7-9-31-21/h10-12,21H,7-9,13-15H2,1-6H3,(H,26,30)/p+1/t21-/m0/s1. The molecule has 31 heavy (non-hydrogen) atoms. The fraction of sp³-hybridized carbons (Fsp3) is 0.520. The van der Waals surface area contributed by atoms with Gasteiger partial charge in [0.1, 0.15) is 6.54 Å². The molecule has 0 spiro atoms. The van der Waals surface area contributed by atoms with Crippen LogP contribution in [0.4, 0.5) is 5.69 Å². The van der Waals surface area contributed by atoms with E-state index in [-0.39, 0.29) is 30.9 Å². The predicted molar refractivity (Wildman–Crippen MR) is 123 cm³/mol. The van der Waals surface area contributed by atoms with Crippen LogP contribution in [-0.4, -0.2) is 49.1 Å². The number of amides is 1. The van der Waals surface area contributed by atoms with E-state index in [1.54, 1.807) is 0 Å². The number of hydrogen-bond donors (Lipinski definition) is 2. The van der Waals surface area contributed by atoms with Crippen molar-refractivity contribution in [1.29, 1.82) is 0 Å². The number of rotatable bonds is 8. The zero-order valence-electron chi connectivity index (χ0n) is 19.7. The average molecular weight is 427 g/mol. The molecule has 2 N–H and O–H groups in total. The number of likely N-dealkylation sites (N-methyl/N-ethyl adjacent to an activating group) is 1. The van der Waals surface area contributed by atoms with Crippen molar-refractivity contribution < 1.29 is 19.2 Å². The van der Waals surface area contributed by atoms with E-state index in [0.717, 1.165) is 64.7 Å². The van der Waals surface area contributed by atoms with E-state index in [2.05, 4.69) is 22.0 Å². The van der Waals surface area contributed by atoms with Gasteiger partial charge in [-0.3, -0.25) is 9.59 Å². The summed E-state index contributed by atoms with van der Waals surface area (Å²) in [6, 6.07) is 6.10. The van der Waals surface area contributed by atoms with Crippen LogP contribution in [0, 0.1) is 34.6 Å². The highest BCUT2D eigenvalue weighted by atomic mass is 16.5. The van der Waals surface area contributed by atoms with Crippen molar-refractivity contribution in [2.24, 2.45) is 0 Å². The van der Waals surface area contributed by atoms with Gasteiger partial charge in [-0.1, -0.05) is 17.7 Å². The van der Waals surface area contributed by atoms with Gasteiger partial charge < -0.3 is 19.5 Å². The van der Waals surface area contributed by atoms with Crippen LogP contribution in [0.1, 0.15) is 51.3 Å². The molecule has 0 saturated carbocycles. The van der Waals surface area contributed by atoms with E-state index in [1.807, 2.05) is 47.7 Å². The monoisotopic (exact) mass is 426 g/mol. The number of aromatic nitrogens is 1. The third kappa shape index (κ3) is 5.63. The molecule has 2 heterocycles. The average Bonchev–Trinajstić information content (AvgIpc) is 3.28. The summed E-state index contributed by atoms with van der Waals surface area (Å²) in [5.74, 6) is -0.0103. The molecule has 1 aromatic heterocycles. The first-order valence-electron chi connectivity index (χ1n) is 11.2. The Kier molecular flexibility index (Phi) is 7.34. The van der Waals surface area contributed by atoms with Crippen molar-refractivity contribution in [2.45, 2.75) is 60.1 Å². The van der Waals surface area contributed by atoms with Gasteiger partial charge in [0, 0.05) is 35.8 Å². The zero-order valence-corrected chi connectivity index (χ0v) is 19.7. The predicted octanol–water partition coefficient (Wildman–Crippen LogP) is 2.55. The Morgan fingerprint density at radius 1 is 1.10 bits per heavy atom. The summed E-state index contributed by atoms with van der Waals surface area (Å²) in [6.07, 6.45) is 2.41. The number of anilines is 1. The number of aryl methyl sites for hydroxylation is 4. The number of benzene rings is 1. The molecular weight excluding hydrogens is 390 g/mol. The Labute approximate surface area is 185 Å². The van der Waals surface area contributed by atoms with E-state index in [1.165, 1.54) is 5.56 Å². The van der Waals surface area contributed by atoms with Gasteiger partial charge >= 0.3 is 0 Å². The highest BCUT2D eigenvalue weighted by Gasteiger charge is 2.23. The first-order valence-corrected chi connectivity index (χ1v) is 11.2. The van der Waals surface area contributed by atoms with E-state index >= 15 is 0 Å². The minimum atomic E-state index is -0.0794. The van der Waals surface area contributed by atoms with Gasteiger partial charge in [-0.15, -0.1) is 0 Å². The molecule has 0 aliphatic carbocycles. The van der Waals surface area contributed by atoms with E-state index in [0.29, 0.717) is 0 Å². The van der Waals surface area contributed by atoms with Gasteiger partial charge in [0.25, 0.3) is 5.91 Å². The zero-order chi connectivity index (χ0) is 22.7. The number of nitrogens with zero attached hydrogens (tertiary/aromatic N) is 1. The van der Waals surface area contributed by atoms with Gasteiger partial charge in [0.15, 0.2) is 6.54 Å². The number of carbonyl (C=O) groups is 2. The molecule has 1 aliphatic rings. The Morgan fingerprint density at radius 2 is 1.77 bits per heavy atom. The number of carbonyl (C=O) groups excluding carboxylic acids is 2. The van der Waals surface area contributed by atoms with Crippen molar-refractivity contribution in [1.82, 2.24) is 4.57 Å². The van der Waals surface area contributed by atoms with Crippen LogP contribution in [-0.2, 0) is 16.1 Å². The molecule has 1 unspecified atom stereocenters. The van der Waals surface area contributed by atoms with Crippen LogP contribution in [0.2, 0.25) is 0 Å². The lowest BCUT2D eigenvalue weighted by molar-refractivity contribution is -0.861. The number of nitrogens with one attached hydrogen (secondary N) is 2. The third-order valence-corrected chi connectivity index (χ3v) is 6.15. The lowest BCUT2D eigenvalue weighted by Crippen LogP contribution is -3.11. The second kappa shape index (κ2) is 9.79. The molecule has 1 saturated heterocycles. The van der Waals surface area contributed by atoms with Gasteiger partial charge in [-0.25, -0.2) is 0 Å². The summed E-state index contributed by atoms with van der Waals surface area (Å²) in [5.41, 5.74) is 6.97. The lowest BCUT2D eigenvalue weighted by Gasteiger charge is -2.16. The largest absolute Gasteiger partial charge is 0.376 e. The maximum absolute atomic E-state index is 13.0. The summed E-state index contributed by atoms with van der Waals surface area (Å²) >= 11 is 0. The maximum Gasteiger partial charge on any atom is 0.279 e. The normalized spacial score (nSPS) is 17.0. The number of Topliss-reactive ketones (excluding diaryl/α,β-unsaturated/α-hetero) is 1. The van der Waals surface area contributed by atoms with Gasteiger partial charge in [-0.2, -0.15) is 0 Å². The minimum absolute atomic E-state index is 0.0692. The molecular formula is C25H36N3O3+. The Balaban J connectivity index is 1.60. The van der Waals surface area contributed by atoms with Crippen molar-refractivity contribution in [3.63, 3.8) is 0 Å². The fourth-order valence-corrected chi connectivity index (χ4v) is 4.62. The Hall–Kier alpha value is -2.44. The highest BCUT2D eigenvalue weighted by molar-refractivity contribution is 5.98. The fourth-order valence-electron chi connectivity index (χ4n) is 4.62. The molecule has 168 valence electrons. The lowest BCUT2D eigenvalue weighted by atomic mass is 10.1. The van der Waals surface area contributed by atoms with Crippen molar-refractivity contribution in [3.8, 4) is 0 Å². The van der Waals surface area contributed by atoms with Crippen LogP contribution in [0.5, 0.6) is 0 Å². The molecule has 2 atom stereocenters. The molecule has 6 heteroatoms. The van der Waals surface area contributed by atoms with Crippen LogP contribution < -0.4 is 10.2 Å². The van der Waals surface area contributed by atoms with Gasteiger partial charge in [0.05, 0.1) is 13.2 Å². The van der Waals surface area contributed by atoms with Crippen molar-refractivity contribution in [3.05, 3.63) is 51.8 Å². The summed E-state index contributed by atoms with van der Waals surface area (Å²) in [6.45, 7) is 12.2. The quantitative estimate of drug-likeness (QED) is 0.638. The summed E-state index contributed by atoms with van der Waals surface area (Å²) < 4.78 is 7.95. The maximum atomic E-state index is 13.0. The third-order valence-electron chi connectivity index (χ3n) is 6.15. The second-order valence-corrected chi connectivity index (χ2v) is 9.09. The minimum Gasteiger partial charge on any atom is -0.376 e. The van der Waals surface area contributed by atoms with E-state index in [4.69, 9.17) is 4.74 Å². The van der Waals surface area contributed by atoms with Gasteiger partial charge in [-0.05, 0) is 64.7 Å². The molecule has 0 radical (unpaired) electrons. The molecule has 1 fully saturated rings. The summed E-state index contributed by atoms with van der Waals surface area (Å²) in [5, 5.41) is 3.03. The van der Waals surface area contributed by atoms with Crippen LogP contribution in [0.25, 0.3) is 0 Å². The smallest absolute Gasteiger partial charge is 0.279 e. The molecule has 2 aromatic rings. The number of ether oxygens (including phenoxy) is 1. The van der Waals surface area contributed by atoms with E-state index in [9.17, 15) is 9.59 Å². The SMILES string of the molecule is Cc1cc(C)c(NC(=O)C[NH+](C)CC(=O)c2cc(C)n(C[C@@H]3CCCO3)c2C)c(C)c1. The highest BCUT2D eigenvalue weighted by Crippen LogP contribution is 2.22. The first kappa shape index (κ1) is 23.2. The number of quaternary nitrogens is 1. The van der Waals surface area contributed by atoms with Crippen LogP contribution >= 0.6 is 0 Å².